The third-order valence-corrected chi connectivity index (χ3v) is 2.41. The minimum atomic E-state index is -0.517. The van der Waals surface area contributed by atoms with Gasteiger partial charge in [-0.1, -0.05) is 0 Å². The van der Waals surface area contributed by atoms with E-state index in [-0.39, 0.29) is 25.7 Å². The lowest BCUT2D eigenvalue weighted by atomic mass is 9.96. The van der Waals surface area contributed by atoms with Crippen molar-refractivity contribution in [2.24, 2.45) is 11.5 Å². The molecule has 0 aliphatic carbocycles. The molecule has 8 heteroatoms. The number of esters is 2. The molecule has 1 aliphatic rings. The smallest absolute Gasteiger partial charge is 0.320 e. The highest BCUT2D eigenvalue weighted by Crippen LogP contribution is 2.22. The quantitative estimate of drug-likeness (QED) is 0.394. The van der Waals surface area contributed by atoms with Crippen LogP contribution < -0.4 is 11.5 Å². The molecule has 0 spiro atoms. The molecule has 96 valence electrons. The normalized spacial score (nSPS) is 27.8. The summed E-state index contributed by atoms with van der Waals surface area (Å²) in [6.45, 7) is -0.335. The molecule has 1 saturated heterocycles. The van der Waals surface area contributed by atoms with Crippen molar-refractivity contribution in [2.45, 2.75) is 24.6 Å². The zero-order valence-electron chi connectivity index (χ0n) is 9.76. The highest BCUT2D eigenvalue weighted by molar-refractivity contribution is 6.11. The first kappa shape index (κ1) is 13.9. The first-order valence-electron chi connectivity index (χ1n) is 5.47. The van der Waals surface area contributed by atoms with E-state index in [1.165, 1.54) is 0 Å². The Balaban J connectivity index is 2.44. The second kappa shape index (κ2) is 6.58. The molecule has 0 amide bonds. The fourth-order valence-corrected chi connectivity index (χ4v) is 1.64. The Bertz CT molecular complexity index is 289. The Morgan fingerprint density at radius 3 is 2.53 bits per heavy atom. The number of hydrogen-bond acceptors (Lipinski definition) is 7. The summed E-state index contributed by atoms with van der Waals surface area (Å²) in [6, 6.07) is -0.0489. The van der Waals surface area contributed by atoms with Crippen molar-refractivity contribution < 1.29 is 23.8 Å². The molecule has 0 bridgehead atoms. The van der Waals surface area contributed by atoms with Crippen molar-refractivity contribution in [1.82, 2.24) is 0 Å². The molecule has 0 aromatic rings. The Hall–Kier alpha value is -1.12. The first-order chi connectivity index (χ1) is 8.06. The second-order valence-electron chi connectivity index (χ2n) is 3.84. The van der Waals surface area contributed by atoms with Crippen LogP contribution in [0.3, 0.4) is 0 Å². The lowest BCUT2D eigenvalue weighted by molar-refractivity contribution is -0.155. The van der Waals surface area contributed by atoms with Gasteiger partial charge in [-0.3, -0.25) is 9.59 Å². The molecular formula is C9H17BN2O5. The molecule has 1 fully saturated rings. The second-order valence-corrected chi connectivity index (χ2v) is 3.84. The minimum Gasteiger partial charge on any atom is -0.462 e. The lowest BCUT2D eigenvalue weighted by Gasteiger charge is -2.18. The van der Waals surface area contributed by atoms with Gasteiger partial charge in [0.25, 0.3) is 0 Å². The van der Waals surface area contributed by atoms with Crippen LogP contribution in [-0.2, 0) is 23.8 Å². The van der Waals surface area contributed by atoms with Gasteiger partial charge in [0.2, 0.25) is 0 Å². The van der Waals surface area contributed by atoms with E-state index in [2.05, 4.69) is 0 Å². The Labute approximate surface area is 100 Å². The van der Waals surface area contributed by atoms with Crippen molar-refractivity contribution >= 4 is 19.8 Å². The summed E-state index contributed by atoms with van der Waals surface area (Å²) in [7, 11) is 1.86. The Morgan fingerprint density at radius 1 is 1.29 bits per heavy atom. The van der Waals surface area contributed by atoms with Crippen molar-refractivity contribution in [3.05, 3.63) is 0 Å². The van der Waals surface area contributed by atoms with E-state index < -0.39 is 24.1 Å². The van der Waals surface area contributed by atoms with Gasteiger partial charge in [-0.2, -0.15) is 0 Å². The molecule has 0 unspecified atom stereocenters. The maximum atomic E-state index is 11.1. The molecule has 1 aliphatic heterocycles. The fourth-order valence-electron chi connectivity index (χ4n) is 1.64. The van der Waals surface area contributed by atoms with Crippen LogP contribution in [0.1, 0.15) is 6.42 Å². The molecule has 7 nitrogen and oxygen atoms in total. The summed E-state index contributed by atoms with van der Waals surface area (Å²) in [4.78, 5) is 22.0. The average molecular weight is 244 g/mol. The first-order valence-corrected chi connectivity index (χ1v) is 5.47. The van der Waals surface area contributed by atoms with Gasteiger partial charge in [0.05, 0.1) is 13.1 Å². The number of ether oxygens (including phenoxy) is 3. The van der Waals surface area contributed by atoms with Gasteiger partial charge in [0, 0.05) is 12.4 Å². The molecule has 4 N–H and O–H groups in total. The minimum absolute atomic E-state index is 0.0306. The molecule has 1 rings (SSSR count). The van der Waals surface area contributed by atoms with Gasteiger partial charge >= 0.3 is 11.9 Å². The molecule has 3 atom stereocenters. The monoisotopic (exact) mass is 244 g/mol. The summed E-state index contributed by atoms with van der Waals surface area (Å²) in [6.07, 6.45) is -0.307. The van der Waals surface area contributed by atoms with Crippen LogP contribution in [0.4, 0.5) is 0 Å². The summed E-state index contributed by atoms with van der Waals surface area (Å²) in [5.41, 5.74) is 10.3. The largest absolute Gasteiger partial charge is 0.462 e. The van der Waals surface area contributed by atoms with Gasteiger partial charge < -0.3 is 25.7 Å². The van der Waals surface area contributed by atoms with Crippen LogP contribution in [0.25, 0.3) is 0 Å². The predicted octanol–water partition coefficient (Wildman–Crippen LogP) is -2.89. The van der Waals surface area contributed by atoms with E-state index in [1.54, 1.807) is 0 Å². The van der Waals surface area contributed by atoms with Crippen molar-refractivity contribution in [2.75, 3.05) is 19.7 Å². The number of carbonyl (C=O) groups is 2. The number of carbonyl (C=O) groups excluding carboxylic acids is 2. The van der Waals surface area contributed by atoms with Gasteiger partial charge in [-0.15, -0.1) is 0 Å². The van der Waals surface area contributed by atoms with Crippen LogP contribution in [0.5, 0.6) is 0 Å². The maximum Gasteiger partial charge on any atom is 0.320 e. The molecule has 0 aromatic carbocycles. The van der Waals surface area contributed by atoms with E-state index in [0.29, 0.717) is 6.42 Å². The van der Waals surface area contributed by atoms with Crippen LogP contribution in [-0.4, -0.2) is 57.7 Å². The van der Waals surface area contributed by atoms with Gasteiger partial charge in [0.15, 0.2) is 0 Å². The van der Waals surface area contributed by atoms with Crippen LogP contribution in [0.2, 0.25) is 0 Å². The summed E-state index contributed by atoms with van der Waals surface area (Å²) in [5.74, 6) is -1.01. The third-order valence-electron chi connectivity index (χ3n) is 2.41. The fraction of sp³-hybridized carbons (Fsp3) is 0.778. The average Bonchev–Trinajstić information content (AvgIpc) is 2.66. The maximum absolute atomic E-state index is 11.1. The number of rotatable bonds is 5. The SMILES string of the molecule is B[C@@H]1C[C@H](OC(=O)CN)[C@H](COC(=O)CN)O1. The zero-order valence-corrected chi connectivity index (χ0v) is 9.76. The summed E-state index contributed by atoms with van der Waals surface area (Å²) < 4.78 is 15.4. The number of hydrogen-bond donors (Lipinski definition) is 2. The van der Waals surface area contributed by atoms with Crippen molar-refractivity contribution in [1.29, 1.82) is 0 Å². The lowest BCUT2D eigenvalue weighted by Crippen LogP contribution is -2.34. The summed E-state index contributed by atoms with van der Waals surface area (Å²) in [5, 5.41) is 0. The van der Waals surface area contributed by atoms with E-state index in [0.717, 1.165) is 0 Å². The van der Waals surface area contributed by atoms with E-state index in [4.69, 9.17) is 25.7 Å². The molecule has 0 saturated carbocycles. The summed E-state index contributed by atoms with van der Waals surface area (Å²) >= 11 is 0. The van der Waals surface area contributed by atoms with E-state index in [9.17, 15) is 9.59 Å². The molecular weight excluding hydrogens is 227 g/mol. The number of nitrogens with two attached hydrogens (primary N) is 2. The van der Waals surface area contributed by atoms with Gasteiger partial charge in [-0.25, -0.2) is 0 Å². The Kier molecular flexibility index (Phi) is 5.40. The van der Waals surface area contributed by atoms with Crippen LogP contribution in [0, 0.1) is 0 Å². The molecule has 0 radical (unpaired) electrons. The third kappa shape index (κ3) is 4.33. The van der Waals surface area contributed by atoms with E-state index in [1.807, 2.05) is 7.85 Å². The zero-order chi connectivity index (χ0) is 12.8. The molecule has 17 heavy (non-hydrogen) atoms. The predicted molar refractivity (Wildman–Crippen MR) is 60.8 cm³/mol. The topological polar surface area (TPSA) is 114 Å². The highest BCUT2D eigenvalue weighted by atomic mass is 16.6. The molecule has 0 aromatic heterocycles. The van der Waals surface area contributed by atoms with Gasteiger partial charge in [-0.05, 0) is 0 Å². The standard InChI is InChI=1S/C9H17BN2O5/c10-7-1-5(17-9(14)3-12)6(16-7)4-15-8(13)2-11/h5-7H,1-4,10-12H2/t5-,6-,7-/m0/s1. The Morgan fingerprint density at radius 2 is 1.94 bits per heavy atom. The van der Waals surface area contributed by atoms with Crippen molar-refractivity contribution in [3.63, 3.8) is 0 Å². The molecule has 1 heterocycles. The van der Waals surface area contributed by atoms with Gasteiger partial charge in [0.1, 0.15) is 26.7 Å². The highest BCUT2D eigenvalue weighted by Gasteiger charge is 2.36. The van der Waals surface area contributed by atoms with E-state index >= 15 is 0 Å². The van der Waals surface area contributed by atoms with Crippen LogP contribution >= 0.6 is 0 Å². The van der Waals surface area contributed by atoms with Crippen molar-refractivity contribution in [3.8, 4) is 0 Å². The van der Waals surface area contributed by atoms with Crippen LogP contribution in [0.15, 0.2) is 0 Å².